The van der Waals surface area contributed by atoms with E-state index in [4.69, 9.17) is 0 Å². The molecule has 1 atom stereocenters. The van der Waals surface area contributed by atoms with E-state index in [2.05, 4.69) is 22.6 Å². The summed E-state index contributed by atoms with van der Waals surface area (Å²) in [5.41, 5.74) is 0. The molecule has 0 saturated carbocycles. The molecule has 0 bridgehead atoms. The Balaban J connectivity index is 2.12. The number of hydrogen-bond donors (Lipinski definition) is 2. The summed E-state index contributed by atoms with van der Waals surface area (Å²) in [6.45, 7) is 4.65. The zero-order valence-electron chi connectivity index (χ0n) is 7.56. The number of nitrogens with zero attached hydrogens (tertiary/aromatic N) is 1. The van der Waals surface area contributed by atoms with Crippen molar-refractivity contribution >= 4 is 0 Å². The molecule has 3 nitrogen and oxygen atoms in total. The van der Waals surface area contributed by atoms with E-state index in [0.29, 0.717) is 6.04 Å². The van der Waals surface area contributed by atoms with Crippen LogP contribution in [0.2, 0.25) is 0 Å². The minimum Gasteiger partial charge on any atom is -0.320 e. The Labute approximate surface area is 69.1 Å². The molecule has 1 unspecified atom stereocenters. The van der Waals surface area contributed by atoms with Crippen LogP contribution < -0.4 is 10.6 Å². The molecule has 1 heterocycles. The topological polar surface area (TPSA) is 27.3 Å². The molecule has 11 heavy (non-hydrogen) atoms. The summed E-state index contributed by atoms with van der Waals surface area (Å²) in [5, 5.41) is 6.67. The van der Waals surface area contributed by atoms with Gasteiger partial charge in [0.05, 0.1) is 0 Å². The van der Waals surface area contributed by atoms with Gasteiger partial charge in [-0.1, -0.05) is 0 Å². The maximum Gasteiger partial charge on any atom is 0.0207 e. The van der Waals surface area contributed by atoms with Crippen LogP contribution in [0.3, 0.4) is 0 Å². The minimum atomic E-state index is 0.696. The lowest BCUT2D eigenvalue weighted by Gasteiger charge is -2.30. The highest BCUT2D eigenvalue weighted by molar-refractivity contribution is 4.76. The van der Waals surface area contributed by atoms with Gasteiger partial charge >= 0.3 is 0 Å². The van der Waals surface area contributed by atoms with Crippen LogP contribution in [0.25, 0.3) is 0 Å². The minimum absolute atomic E-state index is 0.696. The average molecular weight is 157 g/mol. The monoisotopic (exact) mass is 157 g/mol. The summed E-state index contributed by atoms with van der Waals surface area (Å²) in [6.07, 6.45) is 1.24. The van der Waals surface area contributed by atoms with Crippen molar-refractivity contribution in [2.45, 2.75) is 12.5 Å². The summed E-state index contributed by atoms with van der Waals surface area (Å²) >= 11 is 0. The van der Waals surface area contributed by atoms with Crippen molar-refractivity contribution in [3.05, 3.63) is 0 Å². The van der Waals surface area contributed by atoms with Crippen molar-refractivity contribution in [2.24, 2.45) is 0 Å². The van der Waals surface area contributed by atoms with Gasteiger partial charge in [0, 0.05) is 25.7 Å². The standard InChI is InChI=1S/C8H19N3/c1-9-4-3-8-7-11(2)6-5-10-8/h8-10H,3-7H2,1-2H3. The Morgan fingerprint density at radius 1 is 1.64 bits per heavy atom. The van der Waals surface area contributed by atoms with Crippen LogP contribution >= 0.6 is 0 Å². The van der Waals surface area contributed by atoms with E-state index in [1.165, 1.54) is 19.5 Å². The van der Waals surface area contributed by atoms with Crippen LogP contribution in [-0.4, -0.2) is 51.2 Å². The average Bonchev–Trinajstić information content (AvgIpc) is 2.01. The molecule has 1 fully saturated rings. The fourth-order valence-corrected chi connectivity index (χ4v) is 1.50. The largest absolute Gasteiger partial charge is 0.320 e. The molecule has 1 aliphatic heterocycles. The molecule has 0 aliphatic carbocycles. The molecular weight excluding hydrogens is 138 g/mol. The lowest BCUT2D eigenvalue weighted by Crippen LogP contribution is -2.49. The third kappa shape index (κ3) is 3.18. The molecular formula is C8H19N3. The first kappa shape index (κ1) is 8.97. The first-order chi connectivity index (χ1) is 5.33. The van der Waals surface area contributed by atoms with Gasteiger partial charge in [-0.15, -0.1) is 0 Å². The summed E-state index contributed by atoms with van der Waals surface area (Å²) in [6, 6.07) is 0.696. The number of piperazine rings is 1. The zero-order chi connectivity index (χ0) is 8.10. The Hall–Kier alpha value is -0.120. The number of rotatable bonds is 3. The summed E-state index contributed by atoms with van der Waals surface area (Å²) in [4.78, 5) is 2.39. The first-order valence-corrected chi connectivity index (χ1v) is 4.39. The summed E-state index contributed by atoms with van der Waals surface area (Å²) in [5.74, 6) is 0. The molecule has 0 spiro atoms. The molecule has 0 radical (unpaired) electrons. The molecule has 0 aromatic rings. The van der Waals surface area contributed by atoms with Gasteiger partial charge in [0.25, 0.3) is 0 Å². The third-order valence-electron chi connectivity index (χ3n) is 2.20. The van der Waals surface area contributed by atoms with Crippen LogP contribution in [0.1, 0.15) is 6.42 Å². The lowest BCUT2D eigenvalue weighted by molar-refractivity contribution is 0.232. The van der Waals surface area contributed by atoms with E-state index >= 15 is 0 Å². The van der Waals surface area contributed by atoms with Crippen molar-refractivity contribution in [1.29, 1.82) is 0 Å². The molecule has 0 amide bonds. The van der Waals surface area contributed by atoms with Crippen molar-refractivity contribution < 1.29 is 0 Å². The predicted molar refractivity (Wildman–Crippen MR) is 47.8 cm³/mol. The van der Waals surface area contributed by atoms with E-state index in [0.717, 1.165) is 13.1 Å². The van der Waals surface area contributed by atoms with Crippen LogP contribution in [0.4, 0.5) is 0 Å². The van der Waals surface area contributed by atoms with Crippen LogP contribution in [0, 0.1) is 0 Å². The number of nitrogens with one attached hydrogen (secondary N) is 2. The Kier molecular flexibility index (Phi) is 3.83. The zero-order valence-corrected chi connectivity index (χ0v) is 7.56. The van der Waals surface area contributed by atoms with Crippen molar-refractivity contribution in [2.75, 3.05) is 40.3 Å². The molecule has 2 N–H and O–H groups in total. The van der Waals surface area contributed by atoms with Gasteiger partial charge in [0.1, 0.15) is 0 Å². The van der Waals surface area contributed by atoms with Gasteiger partial charge in [-0.25, -0.2) is 0 Å². The van der Waals surface area contributed by atoms with Crippen molar-refractivity contribution in [1.82, 2.24) is 15.5 Å². The number of hydrogen-bond acceptors (Lipinski definition) is 3. The van der Waals surface area contributed by atoms with Gasteiger partial charge in [-0.3, -0.25) is 0 Å². The fraction of sp³-hybridized carbons (Fsp3) is 1.00. The van der Waals surface area contributed by atoms with Gasteiger partial charge < -0.3 is 15.5 Å². The van der Waals surface area contributed by atoms with E-state index < -0.39 is 0 Å². The second-order valence-corrected chi connectivity index (χ2v) is 3.31. The highest BCUT2D eigenvalue weighted by Crippen LogP contribution is 1.98. The second-order valence-electron chi connectivity index (χ2n) is 3.31. The molecule has 3 heteroatoms. The van der Waals surface area contributed by atoms with Crippen molar-refractivity contribution in [3.8, 4) is 0 Å². The predicted octanol–water partition coefficient (Wildman–Crippen LogP) is -0.500. The maximum atomic E-state index is 3.50. The second kappa shape index (κ2) is 4.70. The quantitative estimate of drug-likeness (QED) is 0.578. The van der Waals surface area contributed by atoms with Gasteiger partial charge in [0.15, 0.2) is 0 Å². The Morgan fingerprint density at radius 3 is 3.09 bits per heavy atom. The SMILES string of the molecule is CNCCC1CN(C)CCN1. The van der Waals surface area contributed by atoms with Gasteiger partial charge in [-0.2, -0.15) is 0 Å². The Bertz CT molecular complexity index is 106. The lowest BCUT2D eigenvalue weighted by atomic mass is 10.1. The maximum absolute atomic E-state index is 3.50. The first-order valence-electron chi connectivity index (χ1n) is 4.39. The van der Waals surface area contributed by atoms with E-state index in [1.807, 2.05) is 7.05 Å². The van der Waals surface area contributed by atoms with E-state index in [1.54, 1.807) is 0 Å². The molecule has 1 rings (SSSR count). The van der Waals surface area contributed by atoms with E-state index in [-0.39, 0.29) is 0 Å². The van der Waals surface area contributed by atoms with Gasteiger partial charge in [-0.05, 0) is 27.1 Å². The highest BCUT2D eigenvalue weighted by atomic mass is 15.2. The molecule has 0 aromatic heterocycles. The van der Waals surface area contributed by atoms with Crippen molar-refractivity contribution in [3.63, 3.8) is 0 Å². The Morgan fingerprint density at radius 2 is 2.45 bits per heavy atom. The molecule has 1 saturated heterocycles. The highest BCUT2D eigenvalue weighted by Gasteiger charge is 2.14. The third-order valence-corrected chi connectivity index (χ3v) is 2.20. The van der Waals surface area contributed by atoms with Crippen LogP contribution in [0.15, 0.2) is 0 Å². The molecule has 0 aromatic carbocycles. The normalized spacial score (nSPS) is 27.3. The smallest absolute Gasteiger partial charge is 0.0207 e. The summed E-state index contributed by atoms with van der Waals surface area (Å²) < 4.78 is 0. The molecule has 66 valence electrons. The fourth-order valence-electron chi connectivity index (χ4n) is 1.50. The van der Waals surface area contributed by atoms with E-state index in [9.17, 15) is 0 Å². The van der Waals surface area contributed by atoms with Crippen LogP contribution in [-0.2, 0) is 0 Å². The van der Waals surface area contributed by atoms with Crippen LogP contribution in [0.5, 0.6) is 0 Å². The van der Waals surface area contributed by atoms with Gasteiger partial charge in [0.2, 0.25) is 0 Å². The summed E-state index contributed by atoms with van der Waals surface area (Å²) in [7, 11) is 4.19. The molecule has 1 aliphatic rings. The number of likely N-dealkylation sites (N-methyl/N-ethyl adjacent to an activating group) is 1.